The number of benzene rings is 6. The van der Waals surface area contributed by atoms with Crippen molar-refractivity contribution in [2.24, 2.45) is 0 Å². The minimum Gasteiger partial charge on any atom is -0.399 e. The molecule has 6 aromatic rings. The lowest BCUT2D eigenvalue weighted by atomic mass is 9.68. The lowest BCUT2D eigenvalue weighted by Crippen LogP contribution is -2.27. The van der Waals surface area contributed by atoms with Crippen LogP contribution in [0, 0.1) is 0 Å². The number of fused-ring (bicyclic) bond motifs is 10. The van der Waals surface area contributed by atoms with Gasteiger partial charge in [-0.3, -0.25) is 0 Å². The summed E-state index contributed by atoms with van der Waals surface area (Å²) in [6.07, 6.45) is 0. The highest BCUT2D eigenvalue weighted by molar-refractivity contribution is 6.05. The van der Waals surface area contributed by atoms with Crippen molar-refractivity contribution in [3.8, 4) is 44.5 Å². The molecular weight excluding hydrogens is 472 g/mol. The predicted molar refractivity (Wildman–Crippen MR) is 162 cm³/mol. The van der Waals surface area contributed by atoms with Crippen LogP contribution in [0.5, 0.6) is 0 Å². The third kappa shape index (κ3) is 2.81. The van der Waals surface area contributed by atoms with Crippen LogP contribution in [0.3, 0.4) is 0 Å². The van der Waals surface area contributed by atoms with E-state index in [1.54, 1.807) is 0 Å². The van der Waals surface area contributed by atoms with Gasteiger partial charge < -0.3 is 11.5 Å². The maximum absolute atomic E-state index is 7.25. The second-order valence-corrected chi connectivity index (χ2v) is 10.5. The molecule has 0 unspecified atom stereocenters. The van der Waals surface area contributed by atoms with E-state index in [0.29, 0.717) is 0 Å². The average molecular weight is 499 g/mol. The SMILES string of the molecule is Nc1ccc2c(c1)C1(c3ccccc3-c3ccccc31)c1c-2cc(-c2ccccc2)c(N)c1-c1ccccc1. The first-order valence-electron chi connectivity index (χ1n) is 13.4. The van der Waals surface area contributed by atoms with Crippen LogP contribution in [0.2, 0.25) is 0 Å². The Kier molecular flexibility index (Phi) is 4.48. The van der Waals surface area contributed by atoms with E-state index in [1.807, 2.05) is 12.1 Å². The molecule has 184 valence electrons. The van der Waals surface area contributed by atoms with Crippen LogP contribution in [0.15, 0.2) is 133 Å². The van der Waals surface area contributed by atoms with Crippen molar-refractivity contribution in [1.29, 1.82) is 0 Å². The summed E-state index contributed by atoms with van der Waals surface area (Å²) in [6, 6.07) is 47.4. The highest BCUT2D eigenvalue weighted by Gasteiger charge is 2.53. The van der Waals surface area contributed by atoms with Gasteiger partial charge in [-0.15, -0.1) is 0 Å². The molecule has 0 radical (unpaired) electrons. The summed E-state index contributed by atoms with van der Waals surface area (Å²) in [5.74, 6) is 0. The van der Waals surface area contributed by atoms with Gasteiger partial charge in [-0.1, -0.05) is 115 Å². The largest absolute Gasteiger partial charge is 0.399 e. The Morgan fingerprint density at radius 2 is 0.949 bits per heavy atom. The number of hydrogen-bond donors (Lipinski definition) is 2. The molecule has 2 aliphatic carbocycles. The summed E-state index contributed by atoms with van der Waals surface area (Å²) in [6.45, 7) is 0. The molecule has 0 atom stereocenters. The molecule has 0 saturated heterocycles. The maximum atomic E-state index is 7.25. The molecule has 2 aliphatic rings. The normalized spacial score (nSPS) is 13.5. The van der Waals surface area contributed by atoms with Crippen LogP contribution in [0.25, 0.3) is 44.5 Å². The second kappa shape index (κ2) is 7.96. The number of nitrogens with two attached hydrogens (primary N) is 2. The highest BCUT2D eigenvalue weighted by atomic mass is 14.6. The van der Waals surface area contributed by atoms with E-state index in [4.69, 9.17) is 11.5 Å². The molecule has 1 spiro atoms. The predicted octanol–water partition coefficient (Wildman–Crippen LogP) is 8.53. The lowest BCUT2D eigenvalue weighted by molar-refractivity contribution is 0.796. The smallest absolute Gasteiger partial charge is 0.0733 e. The molecule has 4 N–H and O–H groups in total. The van der Waals surface area contributed by atoms with Crippen LogP contribution < -0.4 is 11.5 Å². The van der Waals surface area contributed by atoms with Crippen molar-refractivity contribution in [2.45, 2.75) is 5.41 Å². The quantitative estimate of drug-likeness (QED) is 0.235. The molecule has 0 aliphatic heterocycles. The minimum absolute atomic E-state index is 0.526. The van der Waals surface area contributed by atoms with Crippen LogP contribution in [0.4, 0.5) is 11.4 Å². The van der Waals surface area contributed by atoms with Gasteiger partial charge in [0.25, 0.3) is 0 Å². The zero-order valence-corrected chi connectivity index (χ0v) is 21.4. The topological polar surface area (TPSA) is 52.0 Å². The van der Waals surface area contributed by atoms with Crippen LogP contribution >= 0.6 is 0 Å². The first-order chi connectivity index (χ1) is 19.2. The zero-order chi connectivity index (χ0) is 26.1. The first-order valence-corrected chi connectivity index (χ1v) is 13.4. The van der Waals surface area contributed by atoms with Gasteiger partial charge in [-0.2, -0.15) is 0 Å². The summed E-state index contributed by atoms with van der Waals surface area (Å²) in [5, 5.41) is 0. The Hall–Kier alpha value is -5.08. The van der Waals surface area contributed by atoms with Gasteiger partial charge in [-0.05, 0) is 73.8 Å². The number of hydrogen-bond acceptors (Lipinski definition) is 2. The average Bonchev–Trinajstić information content (AvgIpc) is 3.44. The van der Waals surface area contributed by atoms with Crippen molar-refractivity contribution in [3.63, 3.8) is 0 Å². The summed E-state index contributed by atoms with van der Waals surface area (Å²) in [5.41, 5.74) is 29.2. The van der Waals surface area contributed by atoms with Gasteiger partial charge in [-0.25, -0.2) is 0 Å². The molecule has 8 rings (SSSR count). The number of rotatable bonds is 2. The third-order valence-electron chi connectivity index (χ3n) is 8.58. The fourth-order valence-corrected chi connectivity index (χ4v) is 7.10. The van der Waals surface area contributed by atoms with Gasteiger partial charge in [0, 0.05) is 22.5 Å². The van der Waals surface area contributed by atoms with Gasteiger partial charge >= 0.3 is 0 Å². The van der Waals surface area contributed by atoms with Crippen molar-refractivity contribution >= 4 is 11.4 Å². The zero-order valence-electron chi connectivity index (χ0n) is 21.4. The lowest BCUT2D eigenvalue weighted by Gasteiger charge is -2.33. The van der Waals surface area contributed by atoms with Crippen molar-refractivity contribution in [1.82, 2.24) is 0 Å². The second-order valence-electron chi connectivity index (χ2n) is 10.5. The standard InChI is InChI=1S/C37H26N2/c38-25-19-20-28-30-22-29(23-11-3-1-4-12-23)36(39)34(24-13-5-2-6-14-24)35(30)37(33(28)21-25)31-17-9-7-15-26(31)27-16-8-10-18-32(27)37/h1-22H,38-39H2. The van der Waals surface area contributed by atoms with Gasteiger partial charge in [0.2, 0.25) is 0 Å². The van der Waals surface area contributed by atoms with Crippen LogP contribution in [0.1, 0.15) is 22.3 Å². The minimum atomic E-state index is -0.526. The van der Waals surface area contributed by atoms with E-state index in [0.717, 1.165) is 33.6 Å². The summed E-state index contributed by atoms with van der Waals surface area (Å²) in [7, 11) is 0. The fourth-order valence-electron chi connectivity index (χ4n) is 7.10. The molecule has 0 amide bonds. The Morgan fingerprint density at radius 3 is 1.59 bits per heavy atom. The van der Waals surface area contributed by atoms with E-state index in [-0.39, 0.29) is 0 Å². The van der Waals surface area contributed by atoms with Gasteiger partial charge in [0.15, 0.2) is 0 Å². The molecule has 0 fully saturated rings. The van der Waals surface area contributed by atoms with Crippen molar-refractivity contribution in [2.75, 3.05) is 11.5 Å². The molecule has 0 aromatic heterocycles. The molecule has 0 heterocycles. The molecule has 6 aromatic carbocycles. The molecule has 0 bridgehead atoms. The molecule has 2 nitrogen and oxygen atoms in total. The highest BCUT2D eigenvalue weighted by Crippen LogP contribution is 2.66. The molecule has 39 heavy (non-hydrogen) atoms. The summed E-state index contributed by atoms with van der Waals surface area (Å²) >= 11 is 0. The summed E-state index contributed by atoms with van der Waals surface area (Å²) < 4.78 is 0. The van der Waals surface area contributed by atoms with E-state index < -0.39 is 5.41 Å². The molecule has 0 saturated carbocycles. The Labute approximate surface area is 228 Å². The Morgan fingerprint density at radius 1 is 0.410 bits per heavy atom. The van der Waals surface area contributed by atoms with E-state index in [2.05, 4.69) is 121 Å². The number of anilines is 2. The number of nitrogen functional groups attached to an aromatic ring is 2. The van der Waals surface area contributed by atoms with E-state index in [1.165, 1.54) is 44.5 Å². The monoisotopic (exact) mass is 498 g/mol. The molecular formula is C37H26N2. The van der Waals surface area contributed by atoms with Gasteiger partial charge in [0.1, 0.15) is 0 Å². The third-order valence-corrected chi connectivity index (χ3v) is 8.58. The first kappa shape index (κ1) is 22.0. The maximum Gasteiger partial charge on any atom is 0.0733 e. The summed E-state index contributed by atoms with van der Waals surface area (Å²) in [4.78, 5) is 0. The van der Waals surface area contributed by atoms with Gasteiger partial charge in [0.05, 0.1) is 5.41 Å². The van der Waals surface area contributed by atoms with Crippen molar-refractivity contribution in [3.05, 3.63) is 156 Å². The Balaban J connectivity index is 1.62. The van der Waals surface area contributed by atoms with Crippen LogP contribution in [-0.2, 0) is 5.41 Å². The molecule has 2 heteroatoms. The van der Waals surface area contributed by atoms with Crippen molar-refractivity contribution < 1.29 is 0 Å². The van der Waals surface area contributed by atoms with E-state index >= 15 is 0 Å². The van der Waals surface area contributed by atoms with E-state index in [9.17, 15) is 0 Å². The Bertz CT molecular complexity index is 1870. The fraction of sp³-hybridized carbons (Fsp3) is 0.0270. The van der Waals surface area contributed by atoms with Crippen LogP contribution in [-0.4, -0.2) is 0 Å².